The van der Waals surface area contributed by atoms with Crippen LogP contribution in [0.5, 0.6) is 5.75 Å². The lowest BCUT2D eigenvalue weighted by Crippen LogP contribution is -2.38. The van der Waals surface area contributed by atoms with Crippen molar-refractivity contribution in [3.8, 4) is 5.75 Å². The van der Waals surface area contributed by atoms with Crippen LogP contribution in [-0.4, -0.2) is 31.6 Å². The summed E-state index contributed by atoms with van der Waals surface area (Å²) < 4.78 is 33.6. The van der Waals surface area contributed by atoms with Gasteiger partial charge in [0.05, 0.1) is 0 Å². The summed E-state index contributed by atoms with van der Waals surface area (Å²) >= 11 is 0. The number of esters is 1. The van der Waals surface area contributed by atoms with Gasteiger partial charge in [-0.1, -0.05) is 30.3 Å². The summed E-state index contributed by atoms with van der Waals surface area (Å²) in [5.41, 5.74) is 2.78. The maximum atomic E-state index is 12.4. The highest BCUT2D eigenvalue weighted by Crippen LogP contribution is 2.26. The minimum absolute atomic E-state index is 0.0636. The summed E-state index contributed by atoms with van der Waals surface area (Å²) in [4.78, 5) is 26.0. The molecule has 1 aliphatic heterocycles. The number of anilines is 1. The Labute approximate surface area is 161 Å². The molecule has 0 bridgehead atoms. The van der Waals surface area contributed by atoms with Gasteiger partial charge in [-0.3, -0.25) is 9.59 Å². The molecule has 1 heterocycles. The lowest BCUT2D eigenvalue weighted by molar-refractivity contribution is -0.147. The molecule has 2 aromatic carbocycles. The second-order valence-electron chi connectivity index (χ2n) is 6.46. The highest BCUT2D eigenvalue weighted by Gasteiger charge is 2.22. The van der Waals surface area contributed by atoms with E-state index in [1.807, 2.05) is 24.3 Å². The first kappa shape index (κ1) is 19.8. The second-order valence-corrected chi connectivity index (χ2v) is 6.46. The van der Waals surface area contributed by atoms with E-state index in [1.54, 1.807) is 17.0 Å². The number of hydrogen-bond donors (Lipinski definition) is 0. The van der Waals surface area contributed by atoms with E-state index in [9.17, 15) is 18.4 Å². The van der Waals surface area contributed by atoms with E-state index in [1.165, 1.54) is 12.1 Å². The quantitative estimate of drug-likeness (QED) is 0.677. The third kappa shape index (κ3) is 5.28. The highest BCUT2D eigenvalue weighted by molar-refractivity contribution is 5.96. The van der Waals surface area contributed by atoms with Gasteiger partial charge in [0.15, 0.2) is 6.61 Å². The Morgan fingerprint density at radius 2 is 1.82 bits per heavy atom. The highest BCUT2D eigenvalue weighted by atomic mass is 19.3. The third-order valence-corrected chi connectivity index (χ3v) is 4.53. The number of aryl methyl sites for hydroxylation is 2. The molecule has 0 radical (unpaired) electrons. The van der Waals surface area contributed by atoms with E-state index < -0.39 is 12.6 Å². The van der Waals surface area contributed by atoms with Gasteiger partial charge in [-0.15, -0.1) is 0 Å². The molecule has 0 unspecified atom stereocenters. The summed E-state index contributed by atoms with van der Waals surface area (Å²) in [7, 11) is 0. The Hall–Kier alpha value is -2.96. The Morgan fingerprint density at radius 1 is 1.07 bits per heavy atom. The molecular formula is C21H21F2NO4. The molecule has 5 nitrogen and oxygen atoms in total. The number of halogens is 2. The zero-order chi connectivity index (χ0) is 19.9. The molecule has 3 rings (SSSR count). The fourth-order valence-corrected chi connectivity index (χ4v) is 3.17. The summed E-state index contributed by atoms with van der Waals surface area (Å²) in [6.07, 6.45) is 2.29. The van der Waals surface area contributed by atoms with Crippen molar-refractivity contribution in [2.75, 3.05) is 18.1 Å². The smallest absolute Gasteiger partial charge is 0.387 e. The Kier molecular flexibility index (Phi) is 6.57. The number of hydrogen-bond acceptors (Lipinski definition) is 4. The van der Waals surface area contributed by atoms with Gasteiger partial charge in [0.2, 0.25) is 0 Å². The lowest BCUT2D eigenvalue weighted by Gasteiger charge is -2.29. The lowest BCUT2D eigenvalue weighted by atomic mass is 10.0. The summed E-state index contributed by atoms with van der Waals surface area (Å²) in [6.45, 7) is -2.56. The molecule has 28 heavy (non-hydrogen) atoms. The van der Waals surface area contributed by atoms with Crippen LogP contribution in [0, 0.1) is 0 Å². The van der Waals surface area contributed by atoms with Gasteiger partial charge in [-0.05, 0) is 48.6 Å². The average molecular weight is 389 g/mol. The number of fused-ring (bicyclic) bond motifs is 1. The third-order valence-electron chi connectivity index (χ3n) is 4.53. The number of amides is 1. The van der Waals surface area contributed by atoms with Crippen molar-refractivity contribution in [3.05, 3.63) is 59.7 Å². The van der Waals surface area contributed by atoms with Crippen LogP contribution in [0.25, 0.3) is 0 Å². The van der Waals surface area contributed by atoms with Crippen molar-refractivity contribution < 1.29 is 27.8 Å². The molecule has 0 aliphatic carbocycles. The number of alkyl halides is 2. The molecule has 0 saturated heterocycles. The maximum absolute atomic E-state index is 12.4. The van der Waals surface area contributed by atoms with Crippen molar-refractivity contribution in [1.82, 2.24) is 0 Å². The van der Waals surface area contributed by atoms with E-state index in [-0.39, 0.29) is 24.7 Å². The minimum atomic E-state index is -2.87. The van der Waals surface area contributed by atoms with Crippen LogP contribution in [0.4, 0.5) is 14.5 Å². The number of rotatable bonds is 7. The monoisotopic (exact) mass is 389 g/mol. The van der Waals surface area contributed by atoms with Crippen molar-refractivity contribution in [2.24, 2.45) is 0 Å². The van der Waals surface area contributed by atoms with Crippen LogP contribution < -0.4 is 9.64 Å². The predicted molar refractivity (Wildman–Crippen MR) is 99.5 cm³/mol. The van der Waals surface area contributed by atoms with Crippen molar-refractivity contribution in [3.63, 3.8) is 0 Å². The van der Waals surface area contributed by atoms with Crippen LogP contribution in [0.3, 0.4) is 0 Å². The van der Waals surface area contributed by atoms with Crippen LogP contribution in [0.15, 0.2) is 48.5 Å². The molecule has 0 aromatic heterocycles. The maximum Gasteiger partial charge on any atom is 0.387 e. The number of nitrogens with zero attached hydrogens (tertiary/aromatic N) is 1. The van der Waals surface area contributed by atoms with Gasteiger partial charge in [-0.25, -0.2) is 0 Å². The van der Waals surface area contributed by atoms with Gasteiger partial charge in [-0.2, -0.15) is 8.78 Å². The SMILES string of the molecule is O=C(CCc1ccc(OC(F)F)cc1)OCC(=O)N1CCCc2ccccc21. The van der Waals surface area contributed by atoms with Crippen molar-refractivity contribution in [2.45, 2.75) is 32.3 Å². The summed E-state index contributed by atoms with van der Waals surface area (Å²) in [5.74, 6) is -0.658. The zero-order valence-corrected chi connectivity index (χ0v) is 15.3. The number of benzene rings is 2. The van der Waals surface area contributed by atoms with E-state index in [4.69, 9.17) is 4.74 Å². The minimum Gasteiger partial charge on any atom is -0.456 e. The molecular weight excluding hydrogens is 368 g/mol. The first-order chi connectivity index (χ1) is 13.5. The first-order valence-corrected chi connectivity index (χ1v) is 9.10. The topological polar surface area (TPSA) is 55.8 Å². The second kappa shape index (κ2) is 9.30. The van der Waals surface area contributed by atoms with Crippen LogP contribution in [0.2, 0.25) is 0 Å². The fourth-order valence-electron chi connectivity index (χ4n) is 3.17. The van der Waals surface area contributed by atoms with E-state index in [0.717, 1.165) is 29.7 Å². The predicted octanol–water partition coefficient (Wildman–Crippen LogP) is 3.74. The number of carbonyl (C=O) groups excluding carboxylic acids is 2. The first-order valence-electron chi connectivity index (χ1n) is 9.10. The van der Waals surface area contributed by atoms with Crippen LogP contribution >= 0.6 is 0 Å². The Balaban J connectivity index is 1.45. The van der Waals surface area contributed by atoms with Gasteiger partial charge in [0, 0.05) is 18.7 Å². The van der Waals surface area contributed by atoms with Crippen molar-refractivity contribution in [1.29, 1.82) is 0 Å². The van der Waals surface area contributed by atoms with Gasteiger partial charge >= 0.3 is 12.6 Å². The average Bonchev–Trinajstić information content (AvgIpc) is 2.70. The van der Waals surface area contributed by atoms with E-state index in [0.29, 0.717) is 13.0 Å². The van der Waals surface area contributed by atoms with Gasteiger partial charge in [0.25, 0.3) is 5.91 Å². The Bertz CT molecular complexity index is 823. The zero-order valence-electron chi connectivity index (χ0n) is 15.3. The number of para-hydroxylation sites is 1. The fraction of sp³-hybridized carbons (Fsp3) is 0.333. The molecule has 0 atom stereocenters. The molecule has 0 spiro atoms. The van der Waals surface area contributed by atoms with Crippen molar-refractivity contribution >= 4 is 17.6 Å². The molecule has 1 aliphatic rings. The number of ether oxygens (including phenoxy) is 2. The standard InChI is InChI=1S/C21H21F2NO4/c22-21(23)28-17-10-7-15(8-11-17)9-12-20(26)27-14-19(25)24-13-3-5-16-4-1-2-6-18(16)24/h1-2,4,6-8,10-11,21H,3,5,9,12-14H2. The van der Waals surface area contributed by atoms with Crippen LogP contribution in [0.1, 0.15) is 24.0 Å². The molecule has 0 saturated carbocycles. The molecule has 7 heteroatoms. The number of carbonyl (C=O) groups is 2. The van der Waals surface area contributed by atoms with Gasteiger partial charge < -0.3 is 14.4 Å². The normalized spacial score (nSPS) is 13.2. The summed E-state index contributed by atoms with van der Waals surface area (Å²) in [5, 5.41) is 0. The summed E-state index contributed by atoms with van der Waals surface area (Å²) in [6, 6.07) is 13.8. The molecule has 0 fully saturated rings. The molecule has 2 aromatic rings. The van der Waals surface area contributed by atoms with Gasteiger partial charge in [0.1, 0.15) is 5.75 Å². The van der Waals surface area contributed by atoms with E-state index in [2.05, 4.69) is 4.74 Å². The molecule has 148 valence electrons. The largest absolute Gasteiger partial charge is 0.456 e. The molecule has 1 amide bonds. The Morgan fingerprint density at radius 3 is 2.57 bits per heavy atom. The molecule has 0 N–H and O–H groups in total. The van der Waals surface area contributed by atoms with E-state index >= 15 is 0 Å². The van der Waals surface area contributed by atoms with Crippen LogP contribution in [-0.2, 0) is 27.2 Å².